The maximum Gasteiger partial charge on any atom is 0.336 e. The second-order valence-corrected chi connectivity index (χ2v) is 11.1. The Balaban J connectivity index is 1.16. The Hall–Kier alpha value is -5.74. The molecule has 2 heterocycles. The Kier molecular flexibility index (Phi) is 8.89. The van der Waals surface area contributed by atoms with Crippen molar-refractivity contribution >= 4 is 63.1 Å². The Bertz CT molecular complexity index is 1990. The average molecular weight is 629 g/mol. The number of carbonyl (C=O) groups excluding carboxylic acids is 2. The zero-order valence-electron chi connectivity index (χ0n) is 24.7. The standard InChI is InChI=1S/C36H28N4O5S/c1-2-45-27-18-12-23(13-19-27)20-32-34(42)40(26-8-4-3-5-9-26)36(39-32)46-22-33(41)37-25-16-14-24(15-17-25)31-21-29(35(43)44)28-10-6-7-11-30(28)38-31/h3-21H,2,22H2,1H3,(H,37,41)(H,43,44)/b32-20-. The van der Waals surface area contributed by atoms with Crippen LogP contribution in [-0.4, -0.2) is 45.4 Å². The first-order valence-electron chi connectivity index (χ1n) is 14.5. The second kappa shape index (κ2) is 13.5. The fourth-order valence-electron chi connectivity index (χ4n) is 4.93. The molecule has 0 saturated carbocycles. The van der Waals surface area contributed by atoms with Crippen LogP contribution in [0, 0.1) is 0 Å². The van der Waals surface area contributed by atoms with Gasteiger partial charge in [-0.25, -0.2) is 14.8 Å². The number of hydrogen-bond donors (Lipinski definition) is 2. The van der Waals surface area contributed by atoms with Crippen LogP contribution in [0.25, 0.3) is 28.2 Å². The number of anilines is 2. The Morgan fingerprint density at radius 1 is 0.935 bits per heavy atom. The van der Waals surface area contributed by atoms with E-state index in [1.807, 2.05) is 67.6 Å². The predicted octanol–water partition coefficient (Wildman–Crippen LogP) is 7.11. The summed E-state index contributed by atoms with van der Waals surface area (Å²) in [4.78, 5) is 49.1. The van der Waals surface area contributed by atoms with Crippen LogP contribution in [0.3, 0.4) is 0 Å². The molecule has 1 aliphatic heterocycles. The van der Waals surface area contributed by atoms with E-state index in [1.54, 1.807) is 54.6 Å². The molecule has 0 radical (unpaired) electrons. The van der Waals surface area contributed by atoms with Gasteiger partial charge in [0.25, 0.3) is 5.91 Å². The summed E-state index contributed by atoms with van der Waals surface area (Å²) >= 11 is 1.16. The highest BCUT2D eigenvalue weighted by Crippen LogP contribution is 2.30. The van der Waals surface area contributed by atoms with Gasteiger partial charge in [-0.3, -0.25) is 14.5 Å². The normalized spacial score (nSPS) is 13.6. The number of amidine groups is 1. The number of aromatic carboxylic acids is 1. The molecule has 0 atom stereocenters. The summed E-state index contributed by atoms with van der Waals surface area (Å²) in [7, 11) is 0. The van der Waals surface area contributed by atoms with Crippen molar-refractivity contribution in [3.05, 3.63) is 126 Å². The van der Waals surface area contributed by atoms with E-state index in [-0.39, 0.29) is 28.8 Å². The minimum atomic E-state index is -1.03. The third-order valence-corrected chi connectivity index (χ3v) is 8.02. The van der Waals surface area contributed by atoms with Crippen molar-refractivity contribution < 1.29 is 24.2 Å². The number of pyridine rings is 1. The molecule has 1 aliphatic rings. The van der Waals surface area contributed by atoms with Crippen molar-refractivity contribution in [2.75, 3.05) is 22.6 Å². The molecule has 2 N–H and O–H groups in total. The average Bonchev–Trinajstić information content (AvgIpc) is 3.39. The van der Waals surface area contributed by atoms with Crippen LogP contribution in [0.5, 0.6) is 5.75 Å². The zero-order chi connectivity index (χ0) is 32.0. The van der Waals surface area contributed by atoms with Gasteiger partial charge in [0.15, 0.2) is 5.17 Å². The number of ether oxygens (including phenoxy) is 1. The first kappa shape index (κ1) is 30.3. The predicted molar refractivity (Wildman–Crippen MR) is 182 cm³/mol. The molecule has 0 fully saturated rings. The van der Waals surface area contributed by atoms with Crippen LogP contribution >= 0.6 is 11.8 Å². The van der Waals surface area contributed by atoms with E-state index < -0.39 is 5.97 Å². The smallest absolute Gasteiger partial charge is 0.336 e. The van der Waals surface area contributed by atoms with Crippen molar-refractivity contribution in [1.29, 1.82) is 0 Å². The lowest BCUT2D eigenvalue weighted by atomic mass is 10.0. The lowest BCUT2D eigenvalue weighted by molar-refractivity contribution is -0.114. The number of hydrogen-bond acceptors (Lipinski definition) is 7. The van der Waals surface area contributed by atoms with E-state index in [4.69, 9.17) is 4.74 Å². The quantitative estimate of drug-likeness (QED) is 0.167. The number of benzene rings is 4. The van der Waals surface area contributed by atoms with Gasteiger partial charge in [-0.1, -0.05) is 72.4 Å². The minimum absolute atomic E-state index is 0.0156. The largest absolute Gasteiger partial charge is 0.494 e. The molecular weight excluding hydrogens is 600 g/mol. The Labute approximate surface area is 269 Å². The van der Waals surface area contributed by atoms with Gasteiger partial charge >= 0.3 is 5.97 Å². The van der Waals surface area contributed by atoms with Gasteiger partial charge in [-0.05, 0) is 67.1 Å². The SMILES string of the molecule is CCOc1ccc(/C=C2\N=C(SCC(=O)Nc3ccc(-c4cc(C(=O)O)c5ccccc5n4)cc3)N(c3ccccc3)C2=O)cc1. The molecule has 0 spiro atoms. The van der Waals surface area contributed by atoms with Crippen molar-refractivity contribution in [3.63, 3.8) is 0 Å². The number of para-hydroxylation sites is 2. The number of aliphatic imine (C=N–C) groups is 1. The fraction of sp³-hybridized carbons (Fsp3) is 0.0833. The van der Waals surface area contributed by atoms with Gasteiger partial charge < -0.3 is 15.2 Å². The highest BCUT2D eigenvalue weighted by Gasteiger charge is 2.32. The Morgan fingerprint density at radius 3 is 2.37 bits per heavy atom. The summed E-state index contributed by atoms with van der Waals surface area (Å²) in [6, 6.07) is 32.3. The molecule has 1 aromatic heterocycles. The van der Waals surface area contributed by atoms with Crippen molar-refractivity contribution in [2.45, 2.75) is 6.92 Å². The number of carbonyl (C=O) groups is 3. The van der Waals surface area contributed by atoms with Crippen molar-refractivity contribution in [2.24, 2.45) is 4.99 Å². The van der Waals surface area contributed by atoms with Crippen LogP contribution < -0.4 is 15.0 Å². The van der Waals surface area contributed by atoms with Crippen molar-refractivity contribution in [1.82, 2.24) is 4.98 Å². The van der Waals surface area contributed by atoms with Gasteiger partial charge in [0.05, 0.1) is 34.8 Å². The molecule has 0 aliphatic carbocycles. The van der Waals surface area contributed by atoms with Gasteiger partial charge in [0, 0.05) is 16.6 Å². The molecule has 5 aromatic rings. The third-order valence-electron chi connectivity index (χ3n) is 7.08. The molecule has 9 nitrogen and oxygen atoms in total. The maximum absolute atomic E-state index is 13.5. The molecule has 228 valence electrons. The van der Waals surface area contributed by atoms with Crippen LogP contribution in [0.2, 0.25) is 0 Å². The number of aromatic nitrogens is 1. The lowest BCUT2D eigenvalue weighted by Crippen LogP contribution is -2.31. The van der Waals surface area contributed by atoms with E-state index in [0.717, 1.165) is 23.1 Å². The first-order valence-corrected chi connectivity index (χ1v) is 15.5. The third kappa shape index (κ3) is 6.67. The summed E-state index contributed by atoms with van der Waals surface area (Å²) in [5.74, 6) is -0.832. The molecular formula is C36H28N4O5S. The molecule has 6 rings (SSSR count). The monoisotopic (exact) mass is 628 g/mol. The molecule has 0 saturated heterocycles. The van der Waals surface area contributed by atoms with Crippen molar-refractivity contribution in [3.8, 4) is 17.0 Å². The summed E-state index contributed by atoms with van der Waals surface area (Å²) in [6.45, 7) is 2.48. The number of nitrogens with one attached hydrogen (secondary N) is 1. The topological polar surface area (TPSA) is 121 Å². The first-order chi connectivity index (χ1) is 22.4. The van der Waals surface area contributed by atoms with Crippen LogP contribution in [0.4, 0.5) is 11.4 Å². The van der Waals surface area contributed by atoms with E-state index in [2.05, 4.69) is 15.3 Å². The molecule has 2 amide bonds. The van der Waals surface area contributed by atoms with Gasteiger partial charge in [-0.2, -0.15) is 0 Å². The molecule has 0 unspecified atom stereocenters. The molecule has 4 aromatic carbocycles. The second-order valence-electron chi connectivity index (χ2n) is 10.2. The Morgan fingerprint density at radius 2 is 1.65 bits per heavy atom. The summed E-state index contributed by atoms with van der Waals surface area (Å²) in [6.07, 6.45) is 1.72. The number of carboxylic acids is 1. The summed E-state index contributed by atoms with van der Waals surface area (Å²) in [5, 5.41) is 13.6. The van der Waals surface area contributed by atoms with Crippen LogP contribution in [0.15, 0.2) is 120 Å². The van der Waals surface area contributed by atoms with Gasteiger partial charge in [0.1, 0.15) is 11.4 Å². The lowest BCUT2D eigenvalue weighted by Gasteiger charge is -2.17. The summed E-state index contributed by atoms with van der Waals surface area (Å²) in [5.41, 5.74) is 4.27. The number of nitrogens with zero attached hydrogens (tertiary/aromatic N) is 3. The van der Waals surface area contributed by atoms with E-state index in [1.165, 1.54) is 4.90 Å². The fourth-order valence-corrected chi connectivity index (χ4v) is 5.75. The van der Waals surface area contributed by atoms with Crippen LogP contribution in [-0.2, 0) is 9.59 Å². The number of amides is 2. The van der Waals surface area contributed by atoms with Gasteiger partial charge in [-0.15, -0.1) is 0 Å². The van der Waals surface area contributed by atoms with E-state index in [0.29, 0.717) is 45.3 Å². The number of rotatable bonds is 9. The highest BCUT2D eigenvalue weighted by molar-refractivity contribution is 8.14. The molecule has 46 heavy (non-hydrogen) atoms. The number of fused-ring (bicyclic) bond motifs is 1. The minimum Gasteiger partial charge on any atom is -0.494 e. The molecule has 0 bridgehead atoms. The highest BCUT2D eigenvalue weighted by atomic mass is 32.2. The number of thioether (sulfide) groups is 1. The number of carboxylic acid groups (broad SMARTS) is 1. The van der Waals surface area contributed by atoms with Gasteiger partial charge in [0.2, 0.25) is 5.91 Å². The van der Waals surface area contributed by atoms with Crippen LogP contribution in [0.1, 0.15) is 22.8 Å². The van der Waals surface area contributed by atoms with E-state index in [9.17, 15) is 19.5 Å². The maximum atomic E-state index is 13.5. The van der Waals surface area contributed by atoms with E-state index >= 15 is 0 Å². The summed E-state index contributed by atoms with van der Waals surface area (Å²) < 4.78 is 5.51. The zero-order valence-corrected chi connectivity index (χ0v) is 25.5. The molecule has 10 heteroatoms.